The van der Waals surface area contributed by atoms with Crippen molar-refractivity contribution >= 4 is 12.0 Å². The molecular weight excluding hydrogens is 312 g/mol. The van der Waals surface area contributed by atoms with Gasteiger partial charge in [-0.25, -0.2) is 0 Å². The third-order valence-electron chi connectivity index (χ3n) is 4.65. The van der Waals surface area contributed by atoms with Crippen molar-refractivity contribution in [2.75, 3.05) is 13.7 Å². The molecule has 0 heterocycles. The fraction of sp³-hybridized carbons (Fsp3) is 0.286. The lowest BCUT2D eigenvalue weighted by Gasteiger charge is -2.14. The molecule has 4 heteroatoms. The van der Waals surface area contributed by atoms with Crippen molar-refractivity contribution < 1.29 is 9.53 Å². The van der Waals surface area contributed by atoms with Crippen molar-refractivity contribution in [2.24, 2.45) is 5.73 Å². The first-order valence-corrected chi connectivity index (χ1v) is 8.62. The molecule has 3 rings (SSSR count). The van der Waals surface area contributed by atoms with Gasteiger partial charge in [0.2, 0.25) is 5.91 Å². The Labute approximate surface area is 148 Å². The molecule has 3 N–H and O–H groups in total. The number of carbonyl (C=O) groups is 1. The molecule has 0 radical (unpaired) electrons. The van der Waals surface area contributed by atoms with Gasteiger partial charge in [0.25, 0.3) is 0 Å². The Morgan fingerprint density at radius 2 is 2.08 bits per heavy atom. The predicted octanol–water partition coefficient (Wildman–Crippen LogP) is 3.01. The second kappa shape index (κ2) is 7.99. The van der Waals surface area contributed by atoms with Crippen LogP contribution in [0.1, 0.15) is 34.7 Å². The van der Waals surface area contributed by atoms with Gasteiger partial charge in [-0.15, -0.1) is 0 Å². The Bertz CT molecular complexity index is 766. The molecule has 4 nitrogen and oxygen atoms in total. The summed E-state index contributed by atoms with van der Waals surface area (Å²) in [5.74, 6) is 0.473. The maximum atomic E-state index is 10.8. The summed E-state index contributed by atoms with van der Waals surface area (Å²) in [6, 6.07) is 15.0. The summed E-state index contributed by atoms with van der Waals surface area (Å²) >= 11 is 0. The molecule has 0 fully saturated rings. The SMILES string of the molecule is COc1ccc(CCNC2CCc3cc(/C=C/C(N)=O)ccc32)cc1. The van der Waals surface area contributed by atoms with Gasteiger partial charge in [-0.05, 0) is 66.3 Å². The van der Waals surface area contributed by atoms with Crippen LogP contribution in [-0.2, 0) is 17.6 Å². The molecule has 1 unspecified atom stereocenters. The number of benzene rings is 2. The standard InChI is InChI=1S/C21H24N2O2/c1-25-18-7-2-15(3-8-18)12-13-23-20-10-6-17-14-16(4-9-19(17)20)5-11-21(22)24/h2-5,7-9,11,14,20,23H,6,10,12-13H2,1H3,(H2,22,24)/b11-5+. The Kier molecular flexibility index (Phi) is 5.51. The zero-order valence-electron chi connectivity index (χ0n) is 14.5. The summed E-state index contributed by atoms with van der Waals surface area (Å²) in [6.45, 7) is 0.944. The minimum absolute atomic E-state index is 0.405. The summed E-state index contributed by atoms with van der Waals surface area (Å²) in [4.78, 5) is 10.8. The van der Waals surface area contributed by atoms with Crippen LogP contribution in [0.5, 0.6) is 5.75 Å². The summed E-state index contributed by atoms with van der Waals surface area (Å²) in [5, 5.41) is 3.66. The Morgan fingerprint density at radius 1 is 1.28 bits per heavy atom. The first-order chi connectivity index (χ1) is 12.2. The van der Waals surface area contributed by atoms with Crippen LogP contribution in [0.25, 0.3) is 6.08 Å². The van der Waals surface area contributed by atoms with E-state index in [0.717, 1.165) is 37.1 Å². The number of rotatable bonds is 7. The van der Waals surface area contributed by atoms with Gasteiger partial charge in [0.1, 0.15) is 5.75 Å². The van der Waals surface area contributed by atoms with Crippen molar-refractivity contribution in [1.82, 2.24) is 5.32 Å². The summed E-state index contributed by atoms with van der Waals surface area (Å²) in [5.41, 5.74) is 10.2. The molecule has 0 bridgehead atoms. The summed E-state index contributed by atoms with van der Waals surface area (Å²) in [7, 11) is 1.68. The third-order valence-corrected chi connectivity index (χ3v) is 4.65. The van der Waals surface area contributed by atoms with E-state index in [2.05, 4.69) is 29.6 Å². The number of primary amides is 1. The predicted molar refractivity (Wildman–Crippen MR) is 100 cm³/mol. The molecule has 1 aliphatic rings. The van der Waals surface area contributed by atoms with E-state index in [9.17, 15) is 4.79 Å². The van der Waals surface area contributed by atoms with E-state index in [-0.39, 0.29) is 0 Å². The molecule has 2 aromatic carbocycles. The fourth-order valence-electron chi connectivity index (χ4n) is 3.31. The van der Waals surface area contributed by atoms with Crippen molar-refractivity contribution in [3.05, 3.63) is 70.8 Å². The number of ether oxygens (including phenoxy) is 1. The molecule has 0 saturated heterocycles. The van der Waals surface area contributed by atoms with Gasteiger partial charge in [-0.3, -0.25) is 4.79 Å². The van der Waals surface area contributed by atoms with Crippen molar-refractivity contribution in [3.63, 3.8) is 0 Å². The highest BCUT2D eigenvalue weighted by molar-refractivity contribution is 5.90. The van der Waals surface area contributed by atoms with Gasteiger partial charge in [-0.1, -0.05) is 30.3 Å². The van der Waals surface area contributed by atoms with E-state index in [4.69, 9.17) is 10.5 Å². The summed E-state index contributed by atoms with van der Waals surface area (Å²) < 4.78 is 5.19. The van der Waals surface area contributed by atoms with Crippen LogP contribution in [0, 0.1) is 0 Å². The minimum Gasteiger partial charge on any atom is -0.497 e. The lowest BCUT2D eigenvalue weighted by molar-refractivity contribution is -0.113. The molecule has 0 aromatic heterocycles. The molecule has 1 atom stereocenters. The van der Waals surface area contributed by atoms with Crippen LogP contribution < -0.4 is 15.8 Å². The monoisotopic (exact) mass is 336 g/mol. The fourth-order valence-corrected chi connectivity index (χ4v) is 3.31. The van der Waals surface area contributed by atoms with Gasteiger partial charge in [-0.2, -0.15) is 0 Å². The van der Waals surface area contributed by atoms with Crippen LogP contribution >= 0.6 is 0 Å². The van der Waals surface area contributed by atoms with Gasteiger partial charge in [0.05, 0.1) is 7.11 Å². The first-order valence-electron chi connectivity index (χ1n) is 8.62. The Morgan fingerprint density at radius 3 is 2.80 bits per heavy atom. The highest BCUT2D eigenvalue weighted by Gasteiger charge is 2.21. The average molecular weight is 336 g/mol. The van der Waals surface area contributed by atoms with Gasteiger partial charge < -0.3 is 15.8 Å². The highest BCUT2D eigenvalue weighted by Crippen LogP contribution is 2.32. The molecule has 0 spiro atoms. The topological polar surface area (TPSA) is 64.3 Å². The second-order valence-corrected chi connectivity index (χ2v) is 6.34. The van der Waals surface area contributed by atoms with Crippen LogP contribution in [0.3, 0.4) is 0 Å². The molecule has 130 valence electrons. The second-order valence-electron chi connectivity index (χ2n) is 6.34. The van der Waals surface area contributed by atoms with E-state index in [1.807, 2.05) is 18.2 Å². The summed E-state index contributed by atoms with van der Waals surface area (Å²) in [6.07, 6.45) is 6.35. The molecule has 0 saturated carbocycles. The normalized spacial score (nSPS) is 16.1. The quantitative estimate of drug-likeness (QED) is 0.764. The first kappa shape index (κ1) is 17.2. The smallest absolute Gasteiger partial charge is 0.241 e. The van der Waals surface area contributed by atoms with E-state index in [1.165, 1.54) is 22.8 Å². The lowest BCUT2D eigenvalue weighted by atomic mass is 10.0. The molecular formula is C21H24N2O2. The van der Waals surface area contributed by atoms with Crippen LogP contribution in [-0.4, -0.2) is 19.6 Å². The zero-order chi connectivity index (χ0) is 17.6. The van der Waals surface area contributed by atoms with E-state index >= 15 is 0 Å². The number of methoxy groups -OCH3 is 1. The van der Waals surface area contributed by atoms with Gasteiger partial charge >= 0.3 is 0 Å². The van der Waals surface area contributed by atoms with E-state index < -0.39 is 5.91 Å². The molecule has 25 heavy (non-hydrogen) atoms. The molecule has 1 aliphatic carbocycles. The maximum absolute atomic E-state index is 10.8. The minimum atomic E-state index is -0.418. The highest BCUT2D eigenvalue weighted by atomic mass is 16.5. The average Bonchev–Trinajstić information content (AvgIpc) is 3.03. The number of carbonyl (C=O) groups excluding carboxylic acids is 1. The van der Waals surface area contributed by atoms with E-state index in [0.29, 0.717) is 6.04 Å². The molecule has 1 amide bonds. The Balaban J connectivity index is 1.56. The number of aryl methyl sites for hydroxylation is 1. The number of nitrogens with two attached hydrogens (primary N) is 1. The zero-order valence-corrected chi connectivity index (χ0v) is 14.5. The van der Waals surface area contributed by atoms with Crippen LogP contribution in [0.15, 0.2) is 48.5 Å². The Hall–Kier alpha value is -2.59. The lowest BCUT2D eigenvalue weighted by Crippen LogP contribution is -2.21. The number of fused-ring (bicyclic) bond motifs is 1. The van der Waals surface area contributed by atoms with Crippen molar-refractivity contribution in [3.8, 4) is 5.75 Å². The number of hydrogen-bond donors (Lipinski definition) is 2. The third kappa shape index (κ3) is 4.48. The van der Waals surface area contributed by atoms with Gasteiger partial charge in [0, 0.05) is 12.1 Å². The largest absolute Gasteiger partial charge is 0.497 e. The number of amides is 1. The van der Waals surface area contributed by atoms with Crippen molar-refractivity contribution in [1.29, 1.82) is 0 Å². The molecule has 0 aliphatic heterocycles. The maximum Gasteiger partial charge on any atom is 0.241 e. The number of hydrogen-bond acceptors (Lipinski definition) is 3. The van der Waals surface area contributed by atoms with Gasteiger partial charge in [0.15, 0.2) is 0 Å². The molecule has 2 aromatic rings. The van der Waals surface area contributed by atoms with Crippen molar-refractivity contribution in [2.45, 2.75) is 25.3 Å². The van der Waals surface area contributed by atoms with Crippen LogP contribution in [0.2, 0.25) is 0 Å². The number of nitrogens with one attached hydrogen (secondary N) is 1. The van der Waals surface area contributed by atoms with E-state index in [1.54, 1.807) is 13.2 Å². The van der Waals surface area contributed by atoms with Crippen LogP contribution in [0.4, 0.5) is 0 Å².